The maximum atomic E-state index is 12.9. The lowest BCUT2D eigenvalue weighted by molar-refractivity contribution is 0.262. The number of carbonyl (C=O) groups excluding carboxylic acids is 1. The number of carbonyl (C=O) groups is 1. The Morgan fingerprint density at radius 1 is 0.968 bits per heavy atom. The van der Waals surface area contributed by atoms with E-state index in [2.05, 4.69) is 34.7 Å². The number of methoxy groups -OCH3 is 3. The van der Waals surface area contributed by atoms with Gasteiger partial charge in [-0.25, -0.2) is 4.79 Å². The van der Waals surface area contributed by atoms with Gasteiger partial charge in [0.2, 0.25) is 0 Å². The molecule has 0 aliphatic carbocycles. The number of hydrogen-bond acceptors (Lipinski definition) is 5. The summed E-state index contributed by atoms with van der Waals surface area (Å²) in [5.74, 6) is 2.25. The van der Waals surface area contributed by atoms with Crippen LogP contribution in [0.5, 0.6) is 17.2 Å². The predicted molar refractivity (Wildman–Crippen MR) is 121 cm³/mol. The van der Waals surface area contributed by atoms with Crippen molar-refractivity contribution in [2.45, 2.75) is 20.3 Å². The number of aromatic amines is 1. The van der Waals surface area contributed by atoms with Crippen LogP contribution >= 0.6 is 0 Å². The van der Waals surface area contributed by atoms with Gasteiger partial charge in [-0.15, -0.1) is 0 Å². The molecular formula is C23H28N4O4. The summed E-state index contributed by atoms with van der Waals surface area (Å²) in [6.07, 6.45) is 0.736. The van der Waals surface area contributed by atoms with Gasteiger partial charge < -0.3 is 24.8 Å². The molecular weight excluding hydrogens is 396 g/mol. The van der Waals surface area contributed by atoms with Crippen LogP contribution in [0.2, 0.25) is 0 Å². The molecule has 0 bridgehead atoms. The molecule has 164 valence electrons. The number of H-pyrrole nitrogens is 1. The topological polar surface area (TPSA) is 97.5 Å². The molecule has 0 spiro atoms. The number of aromatic nitrogens is 2. The molecule has 31 heavy (non-hydrogen) atoms. The molecule has 0 aliphatic heterocycles. The van der Waals surface area contributed by atoms with E-state index < -0.39 is 6.03 Å². The van der Waals surface area contributed by atoms with E-state index in [4.69, 9.17) is 14.2 Å². The molecule has 3 aromatic rings. The maximum absolute atomic E-state index is 12.9. The fourth-order valence-electron chi connectivity index (χ4n) is 3.20. The van der Waals surface area contributed by atoms with E-state index in [1.165, 1.54) is 0 Å². The van der Waals surface area contributed by atoms with E-state index in [0.717, 1.165) is 17.7 Å². The van der Waals surface area contributed by atoms with E-state index in [1.54, 1.807) is 39.5 Å². The lowest BCUT2D eigenvalue weighted by atomic mass is 10.0. The van der Waals surface area contributed by atoms with Crippen molar-refractivity contribution in [2.24, 2.45) is 5.92 Å². The monoisotopic (exact) mass is 424 g/mol. The van der Waals surface area contributed by atoms with Crippen LogP contribution in [0.4, 0.5) is 16.2 Å². The van der Waals surface area contributed by atoms with Crippen LogP contribution in [0.3, 0.4) is 0 Å². The Balaban J connectivity index is 1.90. The Kier molecular flexibility index (Phi) is 7.02. The summed E-state index contributed by atoms with van der Waals surface area (Å²) in [5.41, 5.74) is 3.52. The van der Waals surface area contributed by atoms with Crippen molar-refractivity contribution in [1.29, 1.82) is 0 Å². The van der Waals surface area contributed by atoms with Gasteiger partial charge in [0.05, 0.1) is 32.7 Å². The molecule has 2 aromatic carbocycles. The first kappa shape index (κ1) is 22.0. The molecule has 0 atom stereocenters. The number of urea groups is 1. The molecule has 0 saturated heterocycles. The number of hydrogen-bond donors (Lipinski definition) is 3. The minimum atomic E-state index is -0.397. The van der Waals surface area contributed by atoms with Crippen molar-refractivity contribution in [2.75, 3.05) is 32.0 Å². The van der Waals surface area contributed by atoms with Crippen LogP contribution in [0.25, 0.3) is 11.3 Å². The van der Waals surface area contributed by atoms with Crippen molar-refractivity contribution >= 4 is 17.4 Å². The van der Waals surface area contributed by atoms with E-state index in [0.29, 0.717) is 40.2 Å². The summed E-state index contributed by atoms with van der Waals surface area (Å²) in [5, 5.41) is 13.3. The second kappa shape index (κ2) is 9.88. The number of rotatable bonds is 8. The van der Waals surface area contributed by atoms with Crippen LogP contribution in [0.1, 0.15) is 19.5 Å². The van der Waals surface area contributed by atoms with Crippen molar-refractivity contribution in [1.82, 2.24) is 10.2 Å². The van der Waals surface area contributed by atoms with Crippen LogP contribution in [0.15, 0.2) is 42.5 Å². The summed E-state index contributed by atoms with van der Waals surface area (Å²) in [6.45, 7) is 4.22. The zero-order valence-electron chi connectivity index (χ0n) is 18.4. The van der Waals surface area contributed by atoms with Gasteiger partial charge in [0.1, 0.15) is 22.9 Å². The number of anilines is 2. The van der Waals surface area contributed by atoms with Crippen LogP contribution in [-0.4, -0.2) is 37.6 Å². The van der Waals surface area contributed by atoms with E-state index in [9.17, 15) is 4.79 Å². The molecule has 0 saturated carbocycles. The maximum Gasteiger partial charge on any atom is 0.323 e. The van der Waals surface area contributed by atoms with Gasteiger partial charge in [-0.1, -0.05) is 26.0 Å². The first-order valence-corrected chi connectivity index (χ1v) is 9.96. The van der Waals surface area contributed by atoms with Crippen molar-refractivity contribution in [3.05, 3.63) is 48.2 Å². The minimum absolute atomic E-state index is 0.380. The standard InChI is InChI=1S/C23H28N4O4/c1-14(2)9-20-22(21(27-26-20)15-7-6-8-17(10-15)29-3)25-23(28)24-16-11-18(30-4)13-19(12-16)31-5/h6-8,10-14H,9H2,1-5H3,(H,26,27)(H2,24,25,28). The van der Waals surface area contributed by atoms with Gasteiger partial charge in [-0.2, -0.15) is 5.10 Å². The van der Waals surface area contributed by atoms with Crippen LogP contribution in [0, 0.1) is 5.92 Å². The Hall–Kier alpha value is -3.68. The molecule has 0 aliphatic rings. The highest BCUT2D eigenvalue weighted by Gasteiger charge is 2.19. The van der Waals surface area contributed by atoms with Crippen molar-refractivity contribution in [3.63, 3.8) is 0 Å². The Labute approximate surface area is 181 Å². The SMILES string of the molecule is COc1cc(NC(=O)Nc2c(-c3cccc(OC)c3)n[nH]c2CC(C)C)cc(OC)c1. The van der Waals surface area contributed by atoms with Crippen LogP contribution < -0.4 is 24.8 Å². The molecule has 3 N–H and O–H groups in total. The molecule has 2 amide bonds. The lowest BCUT2D eigenvalue weighted by Gasteiger charge is -2.13. The number of benzene rings is 2. The minimum Gasteiger partial charge on any atom is -0.497 e. The number of amides is 2. The van der Waals surface area contributed by atoms with Crippen molar-refractivity contribution in [3.8, 4) is 28.5 Å². The highest BCUT2D eigenvalue weighted by atomic mass is 16.5. The smallest absolute Gasteiger partial charge is 0.323 e. The van der Waals surface area contributed by atoms with E-state index >= 15 is 0 Å². The zero-order chi connectivity index (χ0) is 22.4. The Morgan fingerprint density at radius 3 is 2.26 bits per heavy atom. The molecule has 1 aromatic heterocycles. The molecule has 8 heteroatoms. The molecule has 0 radical (unpaired) electrons. The third kappa shape index (κ3) is 5.48. The highest BCUT2D eigenvalue weighted by molar-refractivity contribution is 6.02. The van der Waals surface area contributed by atoms with E-state index in [-0.39, 0.29) is 0 Å². The highest BCUT2D eigenvalue weighted by Crippen LogP contribution is 2.32. The Morgan fingerprint density at radius 2 is 1.65 bits per heavy atom. The van der Waals surface area contributed by atoms with Gasteiger partial charge in [-0.3, -0.25) is 5.10 Å². The summed E-state index contributed by atoms with van der Waals surface area (Å²) in [7, 11) is 4.73. The predicted octanol–water partition coefficient (Wildman–Crippen LogP) is 4.95. The molecule has 3 rings (SSSR count). The first-order valence-electron chi connectivity index (χ1n) is 9.96. The summed E-state index contributed by atoms with van der Waals surface area (Å²) >= 11 is 0. The largest absolute Gasteiger partial charge is 0.497 e. The third-order valence-corrected chi connectivity index (χ3v) is 4.64. The molecule has 0 unspecified atom stereocenters. The van der Waals surface area contributed by atoms with Crippen molar-refractivity contribution < 1.29 is 19.0 Å². The zero-order valence-corrected chi connectivity index (χ0v) is 18.4. The summed E-state index contributed by atoms with van der Waals surface area (Å²) in [6, 6.07) is 12.3. The molecule has 8 nitrogen and oxygen atoms in total. The quantitative estimate of drug-likeness (QED) is 0.476. The summed E-state index contributed by atoms with van der Waals surface area (Å²) < 4.78 is 15.9. The summed E-state index contributed by atoms with van der Waals surface area (Å²) in [4.78, 5) is 12.9. The van der Waals surface area contributed by atoms with Crippen LogP contribution in [-0.2, 0) is 6.42 Å². The van der Waals surface area contributed by atoms with Gasteiger partial charge in [0.25, 0.3) is 0 Å². The fraction of sp³-hybridized carbons (Fsp3) is 0.304. The van der Waals surface area contributed by atoms with Gasteiger partial charge >= 0.3 is 6.03 Å². The average molecular weight is 425 g/mol. The lowest BCUT2D eigenvalue weighted by Crippen LogP contribution is -2.20. The number of ether oxygens (including phenoxy) is 3. The second-order valence-electron chi connectivity index (χ2n) is 7.44. The van der Waals surface area contributed by atoms with E-state index in [1.807, 2.05) is 24.3 Å². The second-order valence-corrected chi connectivity index (χ2v) is 7.44. The number of nitrogens with zero attached hydrogens (tertiary/aromatic N) is 1. The third-order valence-electron chi connectivity index (χ3n) is 4.64. The fourth-order valence-corrected chi connectivity index (χ4v) is 3.20. The van der Waals surface area contributed by atoms with Gasteiger partial charge in [-0.05, 0) is 24.5 Å². The Bertz CT molecular complexity index is 1020. The molecule has 0 fully saturated rings. The normalized spacial score (nSPS) is 10.6. The van der Waals surface area contributed by atoms with Gasteiger partial charge in [0.15, 0.2) is 0 Å². The molecule has 1 heterocycles. The van der Waals surface area contributed by atoms with Gasteiger partial charge in [0, 0.05) is 29.4 Å². The first-order chi connectivity index (χ1) is 14.9. The average Bonchev–Trinajstić information content (AvgIpc) is 3.14. The number of nitrogens with one attached hydrogen (secondary N) is 3.